The zero-order valence-electron chi connectivity index (χ0n) is 40.4. The van der Waals surface area contributed by atoms with E-state index in [9.17, 15) is 14.4 Å². The van der Waals surface area contributed by atoms with Crippen LogP contribution in [0.4, 0.5) is 0 Å². The number of hydrogen-bond acceptors (Lipinski definition) is 6. The number of rotatable bonds is 47. The van der Waals surface area contributed by atoms with Gasteiger partial charge in [0, 0.05) is 19.3 Å². The first-order valence-corrected chi connectivity index (χ1v) is 26.2. The molecule has 0 saturated carbocycles. The van der Waals surface area contributed by atoms with Crippen molar-refractivity contribution >= 4 is 17.9 Å². The van der Waals surface area contributed by atoms with Crippen LogP contribution in [0.3, 0.4) is 0 Å². The maximum atomic E-state index is 12.7. The molecule has 0 aromatic rings. The van der Waals surface area contributed by atoms with Gasteiger partial charge in [-0.05, 0) is 31.1 Å². The van der Waals surface area contributed by atoms with Crippen LogP contribution >= 0.6 is 0 Å². The molecule has 0 aromatic heterocycles. The van der Waals surface area contributed by atoms with Crippen LogP contribution in [-0.4, -0.2) is 37.2 Å². The molecule has 0 fully saturated rings. The van der Waals surface area contributed by atoms with Gasteiger partial charge in [-0.3, -0.25) is 14.4 Å². The number of carbonyl (C=O) groups excluding carboxylic acids is 3. The molecule has 0 radical (unpaired) electrons. The van der Waals surface area contributed by atoms with Gasteiger partial charge in [-0.15, -0.1) is 0 Å². The molecule has 0 saturated heterocycles. The SMILES string of the molecule is CCCCCCCCCCCCCCCCCCCCCC(=O)OC[C@@H](COC(=O)CCCCCCCCCCCCC(C)C)OC(=O)CCCCCCCCC(C)C. The molecule has 0 N–H and O–H groups in total. The fourth-order valence-electron chi connectivity index (χ4n) is 7.99. The topological polar surface area (TPSA) is 78.9 Å². The standard InChI is InChI=1S/C53H102O6/c1-6-7-8-9-10-11-12-13-14-15-16-17-18-19-20-24-27-33-38-43-51(54)57-46-50(59-53(56)45-40-35-30-29-32-37-42-49(4)5)47-58-52(55)44-39-34-28-25-22-21-23-26-31-36-41-48(2)3/h48-50H,6-47H2,1-5H3/t50-/m0/s1. The summed E-state index contributed by atoms with van der Waals surface area (Å²) in [5.74, 6) is 0.723. The number of hydrogen-bond donors (Lipinski definition) is 0. The summed E-state index contributed by atoms with van der Waals surface area (Å²) in [6, 6.07) is 0. The van der Waals surface area contributed by atoms with Gasteiger partial charge in [0.25, 0.3) is 0 Å². The van der Waals surface area contributed by atoms with Gasteiger partial charge in [0.15, 0.2) is 6.10 Å². The highest BCUT2D eigenvalue weighted by atomic mass is 16.6. The Morgan fingerprint density at radius 3 is 0.831 bits per heavy atom. The number of unbranched alkanes of at least 4 members (excludes halogenated alkanes) is 32. The highest BCUT2D eigenvalue weighted by molar-refractivity contribution is 5.71. The molecular weight excluding hydrogens is 733 g/mol. The van der Waals surface area contributed by atoms with Crippen LogP contribution in [0.25, 0.3) is 0 Å². The van der Waals surface area contributed by atoms with E-state index in [1.807, 2.05) is 0 Å². The smallest absolute Gasteiger partial charge is 0.306 e. The molecule has 0 unspecified atom stereocenters. The van der Waals surface area contributed by atoms with Gasteiger partial charge in [0.2, 0.25) is 0 Å². The molecule has 0 aliphatic heterocycles. The van der Waals surface area contributed by atoms with Crippen molar-refractivity contribution in [1.82, 2.24) is 0 Å². The zero-order chi connectivity index (χ0) is 43.3. The molecule has 350 valence electrons. The van der Waals surface area contributed by atoms with E-state index in [1.54, 1.807) is 0 Å². The molecule has 0 rings (SSSR count). The van der Waals surface area contributed by atoms with Crippen LogP contribution in [0.15, 0.2) is 0 Å². The number of ether oxygens (including phenoxy) is 3. The van der Waals surface area contributed by atoms with Gasteiger partial charge in [0.1, 0.15) is 13.2 Å². The quantitative estimate of drug-likeness (QED) is 0.0345. The predicted molar refractivity (Wildman–Crippen MR) is 252 cm³/mol. The first-order chi connectivity index (χ1) is 28.7. The lowest BCUT2D eigenvalue weighted by Gasteiger charge is -2.18. The van der Waals surface area contributed by atoms with Crippen molar-refractivity contribution in [3.05, 3.63) is 0 Å². The summed E-state index contributed by atoms with van der Waals surface area (Å²) >= 11 is 0. The lowest BCUT2D eigenvalue weighted by Crippen LogP contribution is -2.30. The van der Waals surface area contributed by atoms with Gasteiger partial charge < -0.3 is 14.2 Å². The molecule has 0 aromatic carbocycles. The predicted octanol–water partition coefficient (Wildman–Crippen LogP) is 16.9. The summed E-state index contributed by atoms with van der Waals surface area (Å²) < 4.78 is 16.8. The van der Waals surface area contributed by atoms with Gasteiger partial charge in [-0.25, -0.2) is 0 Å². The van der Waals surface area contributed by atoms with Crippen molar-refractivity contribution in [3.63, 3.8) is 0 Å². The van der Waals surface area contributed by atoms with Crippen molar-refractivity contribution in [2.24, 2.45) is 11.8 Å². The van der Waals surface area contributed by atoms with E-state index in [1.165, 1.54) is 180 Å². The Balaban J connectivity index is 4.20. The first-order valence-electron chi connectivity index (χ1n) is 26.2. The summed E-state index contributed by atoms with van der Waals surface area (Å²) in [5, 5.41) is 0. The molecule has 6 heteroatoms. The summed E-state index contributed by atoms with van der Waals surface area (Å²) in [6.45, 7) is 11.3. The van der Waals surface area contributed by atoms with Crippen LogP contribution in [0.1, 0.15) is 291 Å². The normalized spacial score (nSPS) is 12.1. The lowest BCUT2D eigenvalue weighted by atomic mass is 10.0. The molecule has 0 heterocycles. The fourth-order valence-corrected chi connectivity index (χ4v) is 7.99. The van der Waals surface area contributed by atoms with Crippen LogP contribution in [0, 0.1) is 11.8 Å². The second kappa shape index (κ2) is 45.9. The first kappa shape index (κ1) is 57.4. The van der Waals surface area contributed by atoms with Gasteiger partial charge in [-0.1, -0.05) is 253 Å². The molecule has 0 aliphatic carbocycles. The Morgan fingerprint density at radius 2 is 0.559 bits per heavy atom. The second-order valence-corrected chi connectivity index (χ2v) is 19.1. The van der Waals surface area contributed by atoms with E-state index in [4.69, 9.17) is 14.2 Å². The highest BCUT2D eigenvalue weighted by Crippen LogP contribution is 2.17. The van der Waals surface area contributed by atoms with Crippen LogP contribution in [0.2, 0.25) is 0 Å². The highest BCUT2D eigenvalue weighted by Gasteiger charge is 2.19. The second-order valence-electron chi connectivity index (χ2n) is 19.1. The van der Waals surface area contributed by atoms with E-state index < -0.39 is 6.10 Å². The molecule has 0 aliphatic rings. The Morgan fingerprint density at radius 1 is 0.322 bits per heavy atom. The van der Waals surface area contributed by atoms with Crippen molar-refractivity contribution in [2.45, 2.75) is 298 Å². The fraction of sp³-hybridized carbons (Fsp3) is 0.943. The average molecular weight is 835 g/mol. The van der Waals surface area contributed by atoms with Gasteiger partial charge in [-0.2, -0.15) is 0 Å². The summed E-state index contributed by atoms with van der Waals surface area (Å²) in [5.41, 5.74) is 0. The summed E-state index contributed by atoms with van der Waals surface area (Å²) in [4.78, 5) is 37.9. The minimum absolute atomic E-state index is 0.0649. The van der Waals surface area contributed by atoms with Gasteiger partial charge in [0.05, 0.1) is 0 Å². The van der Waals surface area contributed by atoms with Crippen LogP contribution in [0.5, 0.6) is 0 Å². The lowest BCUT2D eigenvalue weighted by molar-refractivity contribution is -0.167. The van der Waals surface area contributed by atoms with Crippen molar-refractivity contribution in [3.8, 4) is 0 Å². The summed E-state index contributed by atoms with van der Waals surface area (Å²) in [6.07, 6.45) is 46.8. The van der Waals surface area contributed by atoms with Crippen molar-refractivity contribution in [2.75, 3.05) is 13.2 Å². The monoisotopic (exact) mass is 835 g/mol. The van der Waals surface area contributed by atoms with Crippen molar-refractivity contribution < 1.29 is 28.6 Å². The average Bonchev–Trinajstić information content (AvgIpc) is 3.20. The minimum atomic E-state index is -0.762. The van der Waals surface area contributed by atoms with Gasteiger partial charge >= 0.3 is 17.9 Å². The van der Waals surface area contributed by atoms with E-state index in [2.05, 4.69) is 34.6 Å². The van der Waals surface area contributed by atoms with E-state index in [-0.39, 0.29) is 31.1 Å². The third-order valence-corrected chi connectivity index (χ3v) is 12.0. The largest absolute Gasteiger partial charge is 0.462 e. The third-order valence-electron chi connectivity index (χ3n) is 12.0. The zero-order valence-corrected chi connectivity index (χ0v) is 40.4. The number of esters is 3. The van der Waals surface area contributed by atoms with Crippen molar-refractivity contribution in [1.29, 1.82) is 0 Å². The minimum Gasteiger partial charge on any atom is -0.462 e. The summed E-state index contributed by atoms with van der Waals surface area (Å²) in [7, 11) is 0. The Labute approximate surface area is 368 Å². The Bertz CT molecular complexity index is 900. The number of carbonyl (C=O) groups is 3. The van der Waals surface area contributed by atoms with Crippen LogP contribution < -0.4 is 0 Å². The molecular formula is C53H102O6. The maximum Gasteiger partial charge on any atom is 0.306 e. The van der Waals surface area contributed by atoms with E-state index in [0.717, 1.165) is 69.6 Å². The molecule has 0 spiro atoms. The Hall–Kier alpha value is -1.59. The molecule has 6 nitrogen and oxygen atoms in total. The molecule has 0 bridgehead atoms. The third kappa shape index (κ3) is 47.3. The molecule has 1 atom stereocenters. The molecule has 0 amide bonds. The Kier molecular flexibility index (Phi) is 44.7. The van der Waals surface area contributed by atoms with Crippen LogP contribution in [-0.2, 0) is 28.6 Å². The van der Waals surface area contributed by atoms with E-state index >= 15 is 0 Å². The van der Waals surface area contributed by atoms with E-state index in [0.29, 0.717) is 19.3 Å². The molecule has 59 heavy (non-hydrogen) atoms. The maximum absolute atomic E-state index is 12.7.